The van der Waals surface area contributed by atoms with Gasteiger partial charge in [0.05, 0.1) is 5.54 Å². The topological polar surface area (TPSA) is 26.0 Å². The number of aryl methyl sites for hydroxylation is 1. The van der Waals surface area contributed by atoms with Crippen molar-refractivity contribution in [3.8, 4) is 0 Å². The minimum Gasteiger partial charge on any atom is -0.318 e. The van der Waals surface area contributed by atoms with Gasteiger partial charge in [-0.05, 0) is 31.0 Å². The van der Waals surface area contributed by atoms with Crippen molar-refractivity contribution in [2.75, 3.05) is 0 Å². The Morgan fingerprint density at radius 1 is 1.54 bits per heavy atom. The molecule has 1 nitrogen and oxygen atoms in total. The van der Waals surface area contributed by atoms with Crippen molar-refractivity contribution in [1.82, 2.24) is 0 Å². The Morgan fingerprint density at radius 2 is 2.15 bits per heavy atom. The van der Waals surface area contributed by atoms with Gasteiger partial charge >= 0.3 is 0 Å². The van der Waals surface area contributed by atoms with E-state index in [0.29, 0.717) is 5.56 Å². The molecule has 0 heterocycles. The normalized spacial score (nSPS) is 15.1. The number of nitrogens with two attached hydrogens (primary N) is 1. The molecule has 0 saturated carbocycles. The summed E-state index contributed by atoms with van der Waals surface area (Å²) in [6.45, 7) is 7.13. The van der Waals surface area contributed by atoms with Gasteiger partial charge in [-0.3, -0.25) is 0 Å². The van der Waals surface area contributed by atoms with Crippen LogP contribution in [0.4, 0.5) is 4.39 Å². The molecule has 1 aromatic carbocycles. The number of halogens is 1. The van der Waals surface area contributed by atoms with Gasteiger partial charge < -0.3 is 5.73 Å². The standard InChI is InChI=1S/C11H14FN/c1-4-11(3,13)9-6-5-8(2)10(12)7-9/h4-7H,1,13H2,2-3H3/t11-/m0/s1. The first-order chi connectivity index (χ1) is 5.97. The van der Waals surface area contributed by atoms with E-state index in [0.717, 1.165) is 5.56 Å². The molecule has 0 unspecified atom stereocenters. The van der Waals surface area contributed by atoms with E-state index in [4.69, 9.17) is 5.73 Å². The summed E-state index contributed by atoms with van der Waals surface area (Å²) >= 11 is 0. The lowest BCUT2D eigenvalue weighted by Gasteiger charge is -2.20. The van der Waals surface area contributed by atoms with Crippen LogP contribution in [0.3, 0.4) is 0 Å². The molecular weight excluding hydrogens is 165 g/mol. The van der Waals surface area contributed by atoms with Gasteiger partial charge in [-0.1, -0.05) is 18.2 Å². The molecule has 0 aromatic heterocycles. The zero-order chi connectivity index (χ0) is 10.1. The largest absolute Gasteiger partial charge is 0.318 e. The van der Waals surface area contributed by atoms with E-state index in [1.165, 1.54) is 6.07 Å². The van der Waals surface area contributed by atoms with E-state index >= 15 is 0 Å². The zero-order valence-electron chi connectivity index (χ0n) is 7.97. The molecule has 70 valence electrons. The Hall–Kier alpha value is -1.15. The third-order valence-corrected chi connectivity index (χ3v) is 2.22. The third-order valence-electron chi connectivity index (χ3n) is 2.22. The highest BCUT2D eigenvalue weighted by atomic mass is 19.1. The van der Waals surface area contributed by atoms with Crippen molar-refractivity contribution < 1.29 is 4.39 Å². The van der Waals surface area contributed by atoms with Crippen LogP contribution in [-0.4, -0.2) is 0 Å². The molecule has 0 radical (unpaired) electrons. The summed E-state index contributed by atoms with van der Waals surface area (Å²) in [5.74, 6) is -0.226. The maximum absolute atomic E-state index is 13.2. The SMILES string of the molecule is C=C[C@](C)(N)c1ccc(C)c(F)c1. The predicted octanol–water partition coefficient (Wildman–Crippen LogP) is 2.49. The predicted molar refractivity (Wildman–Crippen MR) is 52.9 cm³/mol. The van der Waals surface area contributed by atoms with Crippen LogP contribution < -0.4 is 5.73 Å². The van der Waals surface area contributed by atoms with E-state index in [-0.39, 0.29) is 5.82 Å². The first kappa shape index (κ1) is 9.93. The molecule has 0 bridgehead atoms. The van der Waals surface area contributed by atoms with Crippen LogP contribution >= 0.6 is 0 Å². The second kappa shape index (κ2) is 3.30. The van der Waals surface area contributed by atoms with Gasteiger partial charge in [0, 0.05) is 0 Å². The molecule has 0 saturated heterocycles. The minimum absolute atomic E-state index is 0.226. The van der Waals surface area contributed by atoms with Gasteiger partial charge in [0.2, 0.25) is 0 Å². The van der Waals surface area contributed by atoms with Crippen molar-refractivity contribution in [1.29, 1.82) is 0 Å². The summed E-state index contributed by atoms with van der Waals surface area (Å²) in [7, 11) is 0. The van der Waals surface area contributed by atoms with Crippen molar-refractivity contribution in [3.63, 3.8) is 0 Å². The average molecular weight is 179 g/mol. The molecule has 1 aromatic rings. The van der Waals surface area contributed by atoms with E-state index < -0.39 is 5.54 Å². The van der Waals surface area contributed by atoms with Crippen LogP contribution in [0.15, 0.2) is 30.9 Å². The molecule has 13 heavy (non-hydrogen) atoms. The van der Waals surface area contributed by atoms with Crippen LogP contribution in [0.1, 0.15) is 18.1 Å². The molecule has 0 aliphatic carbocycles. The van der Waals surface area contributed by atoms with Gasteiger partial charge in [0.25, 0.3) is 0 Å². The first-order valence-corrected chi connectivity index (χ1v) is 4.16. The van der Waals surface area contributed by atoms with E-state index in [2.05, 4.69) is 6.58 Å². The van der Waals surface area contributed by atoms with Gasteiger partial charge in [-0.2, -0.15) is 0 Å². The Bertz CT molecular complexity index is 329. The fourth-order valence-electron chi connectivity index (χ4n) is 1.05. The summed E-state index contributed by atoms with van der Waals surface area (Å²) in [5.41, 5.74) is 6.58. The first-order valence-electron chi connectivity index (χ1n) is 4.16. The van der Waals surface area contributed by atoms with Crippen molar-refractivity contribution in [2.45, 2.75) is 19.4 Å². The zero-order valence-corrected chi connectivity index (χ0v) is 7.97. The van der Waals surface area contributed by atoms with Gasteiger partial charge in [-0.25, -0.2) is 4.39 Å². The number of benzene rings is 1. The monoisotopic (exact) mass is 179 g/mol. The maximum atomic E-state index is 13.2. The van der Waals surface area contributed by atoms with Crippen LogP contribution in [0.25, 0.3) is 0 Å². The molecule has 0 spiro atoms. The molecule has 2 heteroatoms. The molecule has 2 N–H and O–H groups in total. The van der Waals surface area contributed by atoms with E-state index in [9.17, 15) is 4.39 Å². The molecule has 1 rings (SSSR count). The second-order valence-electron chi connectivity index (χ2n) is 3.45. The summed E-state index contributed by atoms with van der Waals surface area (Å²) in [4.78, 5) is 0. The molecule has 0 aliphatic heterocycles. The smallest absolute Gasteiger partial charge is 0.126 e. The fraction of sp³-hybridized carbons (Fsp3) is 0.273. The van der Waals surface area contributed by atoms with E-state index in [1.54, 1.807) is 26.0 Å². The summed E-state index contributed by atoms with van der Waals surface area (Å²) < 4.78 is 13.2. The highest BCUT2D eigenvalue weighted by Gasteiger charge is 2.17. The minimum atomic E-state index is -0.658. The number of rotatable bonds is 2. The molecule has 0 aliphatic rings. The number of hydrogen-bond acceptors (Lipinski definition) is 1. The maximum Gasteiger partial charge on any atom is 0.126 e. The van der Waals surface area contributed by atoms with Crippen LogP contribution in [0.5, 0.6) is 0 Å². The van der Waals surface area contributed by atoms with Crippen LogP contribution in [0, 0.1) is 12.7 Å². The highest BCUT2D eigenvalue weighted by Crippen LogP contribution is 2.20. The van der Waals surface area contributed by atoms with Crippen LogP contribution in [-0.2, 0) is 5.54 Å². The lowest BCUT2D eigenvalue weighted by molar-refractivity contribution is 0.591. The molecular formula is C11H14FN. The Morgan fingerprint density at radius 3 is 2.62 bits per heavy atom. The molecule has 0 amide bonds. The van der Waals surface area contributed by atoms with Gasteiger partial charge in [-0.15, -0.1) is 6.58 Å². The van der Waals surface area contributed by atoms with Crippen molar-refractivity contribution in [2.24, 2.45) is 5.73 Å². The number of hydrogen-bond donors (Lipinski definition) is 1. The van der Waals surface area contributed by atoms with Crippen molar-refractivity contribution >= 4 is 0 Å². The Balaban J connectivity index is 3.18. The highest BCUT2D eigenvalue weighted by molar-refractivity contribution is 5.31. The quantitative estimate of drug-likeness (QED) is 0.693. The second-order valence-corrected chi connectivity index (χ2v) is 3.45. The average Bonchev–Trinajstić information content (AvgIpc) is 2.09. The van der Waals surface area contributed by atoms with Crippen LogP contribution in [0.2, 0.25) is 0 Å². The van der Waals surface area contributed by atoms with E-state index in [1.807, 2.05) is 6.07 Å². The molecule has 0 fully saturated rings. The summed E-state index contributed by atoms with van der Waals surface area (Å²) in [6.07, 6.45) is 1.61. The van der Waals surface area contributed by atoms with Gasteiger partial charge in [0.1, 0.15) is 5.82 Å². The third kappa shape index (κ3) is 1.95. The van der Waals surface area contributed by atoms with Gasteiger partial charge in [0.15, 0.2) is 0 Å². The summed E-state index contributed by atoms with van der Waals surface area (Å²) in [6, 6.07) is 5.00. The Kier molecular flexibility index (Phi) is 2.52. The Labute approximate surface area is 78.1 Å². The molecule has 1 atom stereocenters. The van der Waals surface area contributed by atoms with Crippen molar-refractivity contribution in [3.05, 3.63) is 47.8 Å². The fourth-order valence-corrected chi connectivity index (χ4v) is 1.05. The lowest BCUT2D eigenvalue weighted by Crippen LogP contribution is -2.30. The summed E-state index contributed by atoms with van der Waals surface area (Å²) in [5, 5.41) is 0. The lowest BCUT2D eigenvalue weighted by atomic mass is 9.93.